The molecular formula is C4H9MgNO4. The van der Waals surface area contributed by atoms with Crippen LogP contribution < -0.4 is 5.73 Å². The summed E-state index contributed by atoms with van der Waals surface area (Å²) in [5, 5.41) is 16.0. The second-order valence-corrected chi connectivity index (χ2v) is 1.54. The average Bonchev–Trinajstić information content (AvgIpc) is 1.63. The molecule has 0 aliphatic carbocycles. The summed E-state index contributed by atoms with van der Waals surface area (Å²) in [6.07, 6.45) is -0.532. The molecule has 0 heterocycles. The maximum atomic E-state index is 9.85. The standard InChI is InChI=1S/C4H7NO4.Mg.2H/c5-2(4(8)9)1-3(6)7;;;/h2H,1,5H2,(H,6,7)(H,8,9);;;/q;+2;2*-1/t2-;;;/m0.../s1. The van der Waals surface area contributed by atoms with Gasteiger partial charge < -0.3 is 18.8 Å². The van der Waals surface area contributed by atoms with Gasteiger partial charge in [0.2, 0.25) is 0 Å². The van der Waals surface area contributed by atoms with Crippen molar-refractivity contribution < 1.29 is 22.7 Å². The van der Waals surface area contributed by atoms with Crippen LogP contribution in [-0.4, -0.2) is 51.2 Å². The van der Waals surface area contributed by atoms with Gasteiger partial charge in [0.05, 0.1) is 6.42 Å². The van der Waals surface area contributed by atoms with Crippen LogP contribution >= 0.6 is 0 Å². The third kappa shape index (κ3) is 5.80. The third-order valence-electron chi connectivity index (χ3n) is 0.712. The Morgan fingerprint density at radius 1 is 1.50 bits per heavy atom. The molecule has 4 N–H and O–H groups in total. The van der Waals surface area contributed by atoms with E-state index in [1.54, 1.807) is 0 Å². The molecule has 0 aromatic carbocycles. The molecular weight excluding hydrogens is 150 g/mol. The molecule has 0 saturated carbocycles. The van der Waals surface area contributed by atoms with Gasteiger partial charge in [-0.2, -0.15) is 0 Å². The minimum absolute atomic E-state index is 0. The average molecular weight is 159 g/mol. The molecule has 0 rings (SSSR count). The van der Waals surface area contributed by atoms with Gasteiger partial charge >= 0.3 is 35.0 Å². The smallest absolute Gasteiger partial charge is 1.00 e. The van der Waals surface area contributed by atoms with E-state index in [9.17, 15) is 9.59 Å². The number of aliphatic carboxylic acids is 2. The molecule has 1 atom stereocenters. The number of carboxylic acids is 2. The Balaban J connectivity index is -0.000000107. The number of rotatable bonds is 3. The van der Waals surface area contributed by atoms with Gasteiger partial charge in [-0.15, -0.1) is 0 Å². The van der Waals surface area contributed by atoms with Crippen molar-refractivity contribution in [1.29, 1.82) is 0 Å². The summed E-state index contributed by atoms with van der Waals surface area (Å²) in [6.45, 7) is 0. The summed E-state index contributed by atoms with van der Waals surface area (Å²) in [6, 6.07) is -1.29. The van der Waals surface area contributed by atoms with E-state index in [0.717, 1.165) is 0 Å². The SMILES string of the molecule is N[C@@H](CC(=O)O)C(=O)O.[H-].[H-].[Mg+2]. The minimum Gasteiger partial charge on any atom is -1.00 e. The van der Waals surface area contributed by atoms with Gasteiger partial charge in [0.25, 0.3) is 0 Å². The van der Waals surface area contributed by atoms with Gasteiger partial charge in [0.1, 0.15) is 6.04 Å². The van der Waals surface area contributed by atoms with Crippen LogP contribution in [0.1, 0.15) is 9.27 Å². The molecule has 0 unspecified atom stereocenters. The third-order valence-corrected chi connectivity index (χ3v) is 0.712. The van der Waals surface area contributed by atoms with E-state index in [0.29, 0.717) is 0 Å². The van der Waals surface area contributed by atoms with E-state index in [4.69, 9.17) is 15.9 Å². The summed E-state index contributed by atoms with van der Waals surface area (Å²) >= 11 is 0. The van der Waals surface area contributed by atoms with Crippen LogP contribution in [0.4, 0.5) is 0 Å². The molecule has 0 aliphatic rings. The van der Waals surface area contributed by atoms with Crippen molar-refractivity contribution in [3.8, 4) is 0 Å². The van der Waals surface area contributed by atoms with E-state index in [2.05, 4.69) is 0 Å². The normalized spacial score (nSPS) is 11.3. The molecule has 10 heavy (non-hydrogen) atoms. The number of hydrogen-bond donors (Lipinski definition) is 3. The van der Waals surface area contributed by atoms with Crippen LogP contribution in [0.2, 0.25) is 0 Å². The Kier molecular flexibility index (Phi) is 6.73. The summed E-state index contributed by atoms with van der Waals surface area (Å²) in [5.41, 5.74) is 4.84. The van der Waals surface area contributed by atoms with Crippen molar-refractivity contribution in [3.63, 3.8) is 0 Å². The molecule has 0 amide bonds. The van der Waals surface area contributed by atoms with E-state index < -0.39 is 24.4 Å². The quantitative estimate of drug-likeness (QED) is 0.445. The van der Waals surface area contributed by atoms with Crippen molar-refractivity contribution in [2.75, 3.05) is 0 Å². The van der Waals surface area contributed by atoms with Gasteiger partial charge in [-0.1, -0.05) is 0 Å². The second kappa shape index (κ2) is 5.45. The van der Waals surface area contributed by atoms with Crippen LogP contribution in [0.25, 0.3) is 0 Å². The first-order valence-electron chi connectivity index (χ1n) is 2.24. The predicted molar refractivity (Wildman–Crippen MR) is 35.8 cm³/mol. The molecule has 0 aliphatic heterocycles. The van der Waals surface area contributed by atoms with Crippen molar-refractivity contribution >= 4 is 35.0 Å². The summed E-state index contributed by atoms with van der Waals surface area (Å²) in [5.74, 6) is -2.50. The van der Waals surface area contributed by atoms with Crippen molar-refractivity contribution in [2.24, 2.45) is 5.73 Å². The predicted octanol–water partition coefficient (Wildman–Crippen LogP) is -1.28. The Morgan fingerprint density at radius 3 is 2.00 bits per heavy atom. The number of nitrogens with two attached hydrogens (primary N) is 1. The van der Waals surface area contributed by atoms with E-state index in [1.165, 1.54) is 0 Å². The van der Waals surface area contributed by atoms with Crippen molar-refractivity contribution in [3.05, 3.63) is 0 Å². The Labute approximate surface area is 76.3 Å². The minimum atomic E-state index is -1.29. The van der Waals surface area contributed by atoms with Gasteiger partial charge in [-0.3, -0.25) is 9.59 Å². The zero-order valence-electron chi connectivity index (χ0n) is 7.28. The van der Waals surface area contributed by atoms with Crippen LogP contribution in [0.3, 0.4) is 0 Å². The van der Waals surface area contributed by atoms with E-state index in [-0.39, 0.29) is 25.9 Å². The molecule has 0 spiro atoms. The molecule has 0 aromatic heterocycles. The van der Waals surface area contributed by atoms with Crippen LogP contribution in [0.15, 0.2) is 0 Å². The summed E-state index contributed by atoms with van der Waals surface area (Å²) in [4.78, 5) is 19.6. The maximum absolute atomic E-state index is 9.85. The van der Waals surface area contributed by atoms with Crippen molar-refractivity contribution in [2.45, 2.75) is 12.5 Å². The fraction of sp³-hybridized carbons (Fsp3) is 0.500. The molecule has 5 nitrogen and oxygen atoms in total. The van der Waals surface area contributed by atoms with Crippen molar-refractivity contribution in [1.82, 2.24) is 0 Å². The molecule has 0 bridgehead atoms. The number of carboxylic acid groups (broad SMARTS) is 2. The number of carbonyl (C=O) groups is 2. The number of hydrogen-bond acceptors (Lipinski definition) is 3. The van der Waals surface area contributed by atoms with E-state index in [1.807, 2.05) is 0 Å². The molecule has 0 saturated heterocycles. The molecule has 56 valence electrons. The van der Waals surface area contributed by atoms with Crippen LogP contribution in [0.5, 0.6) is 0 Å². The van der Waals surface area contributed by atoms with Gasteiger partial charge in [0.15, 0.2) is 0 Å². The Morgan fingerprint density at radius 2 is 1.90 bits per heavy atom. The summed E-state index contributed by atoms with van der Waals surface area (Å²) in [7, 11) is 0. The fourth-order valence-electron chi connectivity index (χ4n) is 0.275. The first-order chi connectivity index (χ1) is 4.04. The first kappa shape index (κ1) is 12.4. The van der Waals surface area contributed by atoms with Gasteiger partial charge in [0, 0.05) is 0 Å². The molecule has 0 radical (unpaired) electrons. The zero-order valence-corrected chi connectivity index (χ0v) is 6.69. The monoisotopic (exact) mass is 159 g/mol. The van der Waals surface area contributed by atoms with Crippen LogP contribution in [0, 0.1) is 0 Å². The maximum Gasteiger partial charge on any atom is 2.00 e. The topological polar surface area (TPSA) is 101 Å². The van der Waals surface area contributed by atoms with E-state index >= 15 is 0 Å². The fourth-order valence-corrected chi connectivity index (χ4v) is 0.275. The Bertz CT molecular complexity index is 145. The van der Waals surface area contributed by atoms with Gasteiger partial charge in [-0.05, 0) is 0 Å². The first-order valence-corrected chi connectivity index (χ1v) is 2.24. The van der Waals surface area contributed by atoms with Gasteiger partial charge in [-0.25, -0.2) is 0 Å². The molecule has 6 heteroatoms. The summed E-state index contributed by atoms with van der Waals surface area (Å²) < 4.78 is 0. The second-order valence-electron chi connectivity index (χ2n) is 1.54. The zero-order chi connectivity index (χ0) is 7.44. The largest absolute Gasteiger partial charge is 2.00 e. The molecule has 0 aromatic rings. The Hall–Kier alpha value is -0.334. The molecule has 0 fully saturated rings. The van der Waals surface area contributed by atoms with Crippen LogP contribution in [-0.2, 0) is 9.59 Å².